The molecule has 0 bridgehead atoms. The van der Waals surface area contributed by atoms with E-state index >= 15 is 0 Å². The van der Waals surface area contributed by atoms with Crippen molar-refractivity contribution in [3.8, 4) is 0 Å². The van der Waals surface area contributed by atoms with E-state index < -0.39 is 11.6 Å². The molecule has 0 saturated heterocycles. The average Bonchev–Trinajstić information content (AvgIpc) is 2.32. The molecular formula is C16H23F2N. The number of rotatable bonds is 1. The Morgan fingerprint density at radius 1 is 1.11 bits per heavy atom. The molecule has 0 aromatic heterocycles. The molecule has 0 heterocycles. The summed E-state index contributed by atoms with van der Waals surface area (Å²) in [5, 5.41) is 0. The van der Waals surface area contributed by atoms with Crippen LogP contribution in [0.25, 0.3) is 0 Å². The van der Waals surface area contributed by atoms with Crippen molar-refractivity contribution in [2.45, 2.75) is 52.0 Å². The van der Waals surface area contributed by atoms with Gasteiger partial charge in [-0.1, -0.05) is 26.8 Å². The van der Waals surface area contributed by atoms with Crippen LogP contribution in [-0.2, 0) is 0 Å². The van der Waals surface area contributed by atoms with Crippen LogP contribution in [0.4, 0.5) is 8.78 Å². The van der Waals surface area contributed by atoms with E-state index in [0.29, 0.717) is 5.92 Å². The monoisotopic (exact) mass is 267 g/mol. The highest BCUT2D eigenvalue weighted by Gasteiger charge is 2.35. The molecule has 1 aliphatic carbocycles. The largest absolute Gasteiger partial charge is 0.327 e. The molecule has 1 saturated carbocycles. The molecule has 2 N–H and O–H groups in total. The Morgan fingerprint density at radius 3 is 2.37 bits per heavy atom. The van der Waals surface area contributed by atoms with Crippen LogP contribution in [0, 0.1) is 23.0 Å². The topological polar surface area (TPSA) is 26.0 Å². The lowest BCUT2D eigenvalue weighted by molar-refractivity contribution is 0.154. The second kappa shape index (κ2) is 5.20. The van der Waals surface area contributed by atoms with Gasteiger partial charge in [0.2, 0.25) is 0 Å². The Labute approximate surface area is 114 Å². The van der Waals surface area contributed by atoms with Crippen molar-refractivity contribution in [1.82, 2.24) is 0 Å². The Bertz CT molecular complexity index is 451. The Hall–Kier alpha value is -0.960. The molecule has 0 radical (unpaired) electrons. The van der Waals surface area contributed by atoms with E-state index in [-0.39, 0.29) is 17.4 Å². The third-order valence-electron chi connectivity index (χ3n) is 4.50. The molecule has 3 atom stereocenters. The van der Waals surface area contributed by atoms with Crippen molar-refractivity contribution in [2.24, 2.45) is 17.1 Å². The van der Waals surface area contributed by atoms with Gasteiger partial charge in [0.15, 0.2) is 11.6 Å². The van der Waals surface area contributed by atoms with E-state index in [4.69, 9.17) is 5.73 Å². The van der Waals surface area contributed by atoms with E-state index in [1.165, 1.54) is 12.1 Å². The van der Waals surface area contributed by atoms with Crippen molar-refractivity contribution in [2.75, 3.05) is 0 Å². The highest BCUT2D eigenvalue weighted by atomic mass is 19.2. The van der Waals surface area contributed by atoms with Gasteiger partial charge in [-0.15, -0.1) is 0 Å². The smallest absolute Gasteiger partial charge is 0.159 e. The minimum absolute atomic E-state index is 0.0449. The number of halogens is 2. The maximum absolute atomic E-state index is 13.4. The first kappa shape index (κ1) is 14.4. The summed E-state index contributed by atoms with van der Waals surface area (Å²) in [5.41, 5.74) is 7.26. The first-order chi connectivity index (χ1) is 8.79. The molecule has 0 aliphatic heterocycles. The molecule has 1 aromatic carbocycles. The van der Waals surface area contributed by atoms with E-state index in [1.807, 2.05) is 0 Å². The fourth-order valence-corrected chi connectivity index (χ4v) is 3.11. The average molecular weight is 267 g/mol. The second-order valence-electron chi connectivity index (χ2n) is 6.82. The first-order valence-corrected chi connectivity index (χ1v) is 6.99. The summed E-state index contributed by atoms with van der Waals surface area (Å²) < 4.78 is 26.4. The zero-order chi connectivity index (χ0) is 14.2. The SMILES string of the molecule is CC(C)(C)C1CCC(N)C(c2ccc(F)c(F)c2)C1. The molecule has 2 rings (SSSR count). The summed E-state index contributed by atoms with van der Waals surface area (Å²) in [6.07, 6.45) is 3.02. The van der Waals surface area contributed by atoms with Crippen LogP contribution in [-0.4, -0.2) is 6.04 Å². The summed E-state index contributed by atoms with van der Waals surface area (Å²) in [7, 11) is 0. The molecule has 1 aliphatic rings. The molecule has 1 nitrogen and oxygen atoms in total. The Morgan fingerprint density at radius 2 is 1.79 bits per heavy atom. The molecule has 19 heavy (non-hydrogen) atoms. The van der Waals surface area contributed by atoms with Gasteiger partial charge in [0.05, 0.1) is 0 Å². The third-order valence-corrected chi connectivity index (χ3v) is 4.50. The number of hydrogen-bond acceptors (Lipinski definition) is 1. The minimum Gasteiger partial charge on any atom is -0.327 e. The standard InChI is InChI=1S/C16H23F2N/c1-16(2,3)11-5-7-15(19)12(9-11)10-4-6-13(17)14(18)8-10/h4,6,8,11-12,15H,5,7,9,19H2,1-3H3. The Balaban J connectivity index is 2.23. The molecule has 1 aromatic rings. The molecular weight excluding hydrogens is 244 g/mol. The predicted octanol–water partition coefficient (Wildman–Crippen LogP) is 4.22. The quantitative estimate of drug-likeness (QED) is 0.810. The zero-order valence-corrected chi connectivity index (χ0v) is 11.9. The normalized spacial score (nSPS) is 28.4. The van der Waals surface area contributed by atoms with Gasteiger partial charge in [-0.3, -0.25) is 0 Å². The van der Waals surface area contributed by atoms with Crippen molar-refractivity contribution in [3.05, 3.63) is 35.4 Å². The van der Waals surface area contributed by atoms with Gasteiger partial charge in [-0.25, -0.2) is 8.78 Å². The molecule has 3 heteroatoms. The van der Waals surface area contributed by atoms with Crippen molar-refractivity contribution in [1.29, 1.82) is 0 Å². The van der Waals surface area contributed by atoms with Gasteiger partial charge >= 0.3 is 0 Å². The highest BCUT2D eigenvalue weighted by Crippen LogP contribution is 2.43. The fraction of sp³-hybridized carbons (Fsp3) is 0.625. The maximum Gasteiger partial charge on any atom is 0.159 e. The summed E-state index contributed by atoms with van der Waals surface area (Å²) in [5.74, 6) is -0.860. The van der Waals surface area contributed by atoms with Gasteiger partial charge in [-0.2, -0.15) is 0 Å². The second-order valence-corrected chi connectivity index (χ2v) is 6.82. The highest BCUT2D eigenvalue weighted by molar-refractivity contribution is 5.24. The van der Waals surface area contributed by atoms with Gasteiger partial charge < -0.3 is 5.73 Å². The molecule has 0 spiro atoms. The lowest BCUT2D eigenvalue weighted by atomic mass is 9.66. The van der Waals surface area contributed by atoms with E-state index in [0.717, 1.165) is 24.8 Å². The summed E-state index contributed by atoms with van der Waals surface area (Å²) >= 11 is 0. The zero-order valence-electron chi connectivity index (χ0n) is 11.9. The van der Waals surface area contributed by atoms with Crippen LogP contribution < -0.4 is 5.73 Å². The summed E-state index contributed by atoms with van der Waals surface area (Å²) in [6, 6.07) is 4.24. The van der Waals surface area contributed by atoms with Gasteiger partial charge in [-0.05, 0) is 54.2 Å². The lowest BCUT2D eigenvalue weighted by Gasteiger charge is -2.41. The molecule has 3 unspecified atom stereocenters. The van der Waals surface area contributed by atoms with Crippen LogP contribution >= 0.6 is 0 Å². The first-order valence-electron chi connectivity index (χ1n) is 6.99. The third kappa shape index (κ3) is 3.14. The van der Waals surface area contributed by atoms with Crippen LogP contribution in [0.2, 0.25) is 0 Å². The van der Waals surface area contributed by atoms with Crippen LogP contribution in [0.1, 0.15) is 51.5 Å². The maximum atomic E-state index is 13.4. The molecule has 106 valence electrons. The van der Waals surface area contributed by atoms with Gasteiger partial charge in [0, 0.05) is 6.04 Å². The summed E-state index contributed by atoms with van der Waals surface area (Å²) in [4.78, 5) is 0. The van der Waals surface area contributed by atoms with Crippen LogP contribution in [0.15, 0.2) is 18.2 Å². The van der Waals surface area contributed by atoms with Gasteiger partial charge in [0.25, 0.3) is 0 Å². The molecule has 1 fully saturated rings. The predicted molar refractivity (Wildman–Crippen MR) is 73.9 cm³/mol. The van der Waals surface area contributed by atoms with Crippen molar-refractivity contribution >= 4 is 0 Å². The summed E-state index contributed by atoms with van der Waals surface area (Å²) in [6.45, 7) is 6.70. The van der Waals surface area contributed by atoms with E-state index in [2.05, 4.69) is 20.8 Å². The number of hydrogen-bond donors (Lipinski definition) is 1. The minimum atomic E-state index is -0.791. The van der Waals surface area contributed by atoms with Crippen molar-refractivity contribution in [3.63, 3.8) is 0 Å². The molecule has 0 amide bonds. The Kier molecular flexibility index (Phi) is 3.95. The number of nitrogens with two attached hydrogens (primary N) is 1. The van der Waals surface area contributed by atoms with Gasteiger partial charge in [0.1, 0.15) is 0 Å². The lowest BCUT2D eigenvalue weighted by Crippen LogP contribution is -2.38. The number of benzene rings is 1. The van der Waals surface area contributed by atoms with Crippen LogP contribution in [0.3, 0.4) is 0 Å². The van der Waals surface area contributed by atoms with Crippen molar-refractivity contribution < 1.29 is 8.78 Å². The fourth-order valence-electron chi connectivity index (χ4n) is 3.11. The van der Waals surface area contributed by atoms with E-state index in [1.54, 1.807) is 6.07 Å². The van der Waals surface area contributed by atoms with E-state index in [9.17, 15) is 8.78 Å². The van der Waals surface area contributed by atoms with Crippen LogP contribution in [0.5, 0.6) is 0 Å².